The van der Waals surface area contributed by atoms with E-state index in [9.17, 15) is 4.79 Å². The summed E-state index contributed by atoms with van der Waals surface area (Å²) < 4.78 is 10.5. The van der Waals surface area contributed by atoms with Gasteiger partial charge in [-0.2, -0.15) is 0 Å². The molecule has 3 N–H and O–H groups in total. The number of carbonyl (C=O) groups is 1. The summed E-state index contributed by atoms with van der Waals surface area (Å²) in [6, 6.07) is 5.52. The van der Waals surface area contributed by atoms with Gasteiger partial charge in [-0.25, -0.2) is 0 Å². The summed E-state index contributed by atoms with van der Waals surface area (Å²) >= 11 is 0. The number of hydrogen-bond acceptors (Lipinski definition) is 4. The molecular formula is C17H27ClN2O3. The summed E-state index contributed by atoms with van der Waals surface area (Å²) in [7, 11) is 3.20. The third kappa shape index (κ3) is 4.52. The molecule has 1 aromatic rings. The highest BCUT2D eigenvalue weighted by atomic mass is 35.5. The highest BCUT2D eigenvalue weighted by Gasteiger charge is 2.35. The van der Waals surface area contributed by atoms with Crippen LogP contribution in [0.3, 0.4) is 0 Å². The largest absolute Gasteiger partial charge is 0.493 e. The van der Waals surface area contributed by atoms with Gasteiger partial charge in [0.1, 0.15) is 0 Å². The Kier molecular flexibility index (Phi) is 7.16. The standard InChI is InChI=1S/C17H26N2O3.ClH/c1-12(13-7-8-14(21-2)15(11-13)22-3)19-16(20)17(18)9-5-4-6-10-17;/h7-8,11-12H,4-6,9-10,18H2,1-3H3,(H,19,20);1H. The molecule has 1 saturated carbocycles. The van der Waals surface area contributed by atoms with E-state index in [1.165, 1.54) is 0 Å². The molecule has 0 bridgehead atoms. The molecule has 2 rings (SSSR count). The molecule has 23 heavy (non-hydrogen) atoms. The zero-order valence-electron chi connectivity index (χ0n) is 14.1. The van der Waals surface area contributed by atoms with Crippen molar-refractivity contribution in [2.45, 2.75) is 50.6 Å². The second-order valence-corrected chi connectivity index (χ2v) is 6.03. The molecule has 5 nitrogen and oxygen atoms in total. The summed E-state index contributed by atoms with van der Waals surface area (Å²) in [5, 5.41) is 3.03. The van der Waals surface area contributed by atoms with Crippen LogP contribution in [-0.2, 0) is 4.79 Å². The number of hydrogen-bond donors (Lipinski definition) is 2. The highest BCUT2D eigenvalue weighted by molar-refractivity contribution is 5.86. The van der Waals surface area contributed by atoms with Crippen molar-refractivity contribution in [3.05, 3.63) is 23.8 Å². The lowest BCUT2D eigenvalue weighted by Crippen LogP contribution is -2.55. The van der Waals surface area contributed by atoms with E-state index in [4.69, 9.17) is 15.2 Å². The van der Waals surface area contributed by atoms with Crippen molar-refractivity contribution >= 4 is 18.3 Å². The first-order valence-electron chi connectivity index (χ1n) is 7.82. The molecule has 6 heteroatoms. The molecule has 130 valence electrons. The van der Waals surface area contributed by atoms with Crippen LogP contribution in [0.25, 0.3) is 0 Å². The van der Waals surface area contributed by atoms with Gasteiger partial charge in [-0.3, -0.25) is 4.79 Å². The van der Waals surface area contributed by atoms with Gasteiger partial charge in [0.2, 0.25) is 5.91 Å². The lowest BCUT2D eigenvalue weighted by molar-refractivity contribution is -0.128. The molecule has 0 aliphatic heterocycles. The fraction of sp³-hybridized carbons (Fsp3) is 0.588. The average molecular weight is 343 g/mol. The second kappa shape index (κ2) is 8.41. The number of methoxy groups -OCH3 is 2. The number of halogens is 1. The number of nitrogens with one attached hydrogen (secondary N) is 1. The topological polar surface area (TPSA) is 73.6 Å². The van der Waals surface area contributed by atoms with Gasteiger partial charge in [0.15, 0.2) is 11.5 Å². The molecule has 1 atom stereocenters. The monoisotopic (exact) mass is 342 g/mol. The number of benzene rings is 1. The van der Waals surface area contributed by atoms with Crippen LogP contribution < -0.4 is 20.5 Å². The third-order valence-electron chi connectivity index (χ3n) is 4.45. The molecular weight excluding hydrogens is 316 g/mol. The number of ether oxygens (including phenoxy) is 2. The van der Waals surface area contributed by atoms with Gasteiger partial charge in [0, 0.05) is 0 Å². The van der Waals surface area contributed by atoms with Crippen molar-refractivity contribution in [3.8, 4) is 11.5 Å². The number of rotatable bonds is 5. The molecule has 0 radical (unpaired) electrons. The fourth-order valence-electron chi connectivity index (χ4n) is 2.96. The van der Waals surface area contributed by atoms with Gasteiger partial charge in [0.05, 0.1) is 25.8 Å². The summed E-state index contributed by atoms with van der Waals surface area (Å²) in [5.41, 5.74) is 6.52. The van der Waals surface area contributed by atoms with Crippen molar-refractivity contribution in [2.24, 2.45) is 5.73 Å². The van der Waals surface area contributed by atoms with Crippen molar-refractivity contribution in [1.82, 2.24) is 5.32 Å². The van der Waals surface area contributed by atoms with Gasteiger partial charge in [0.25, 0.3) is 0 Å². The van der Waals surface area contributed by atoms with Crippen LogP contribution in [-0.4, -0.2) is 25.7 Å². The summed E-state index contributed by atoms with van der Waals surface area (Å²) in [6.07, 6.45) is 4.73. The van der Waals surface area contributed by atoms with Crippen LogP contribution in [0.5, 0.6) is 11.5 Å². The van der Waals surface area contributed by atoms with E-state index in [0.29, 0.717) is 11.5 Å². The maximum absolute atomic E-state index is 12.5. The molecule has 1 unspecified atom stereocenters. The first-order chi connectivity index (χ1) is 10.5. The molecule has 0 saturated heterocycles. The van der Waals surface area contributed by atoms with E-state index in [2.05, 4.69) is 5.32 Å². The van der Waals surface area contributed by atoms with Crippen molar-refractivity contribution in [3.63, 3.8) is 0 Å². The predicted octanol–water partition coefficient (Wildman–Crippen LogP) is 2.96. The number of nitrogens with two attached hydrogens (primary N) is 1. The normalized spacial score (nSPS) is 17.6. The minimum Gasteiger partial charge on any atom is -0.493 e. The smallest absolute Gasteiger partial charge is 0.240 e. The first-order valence-corrected chi connectivity index (χ1v) is 7.82. The summed E-state index contributed by atoms with van der Waals surface area (Å²) in [6.45, 7) is 1.95. The molecule has 0 aromatic heterocycles. The SMILES string of the molecule is COc1ccc(C(C)NC(=O)C2(N)CCCCC2)cc1OC.Cl. The molecule has 1 fully saturated rings. The van der Waals surface area contributed by atoms with Gasteiger partial charge in [-0.1, -0.05) is 25.3 Å². The lowest BCUT2D eigenvalue weighted by Gasteiger charge is -2.33. The predicted molar refractivity (Wildman–Crippen MR) is 93.4 cm³/mol. The van der Waals surface area contributed by atoms with E-state index in [-0.39, 0.29) is 24.4 Å². The Bertz CT molecular complexity index is 531. The molecule has 0 spiro atoms. The van der Waals surface area contributed by atoms with E-state index in [1.54, 1.807) is 14.2 Å². The van der Waals surface area contributed by atoms with Gasteiger partial charge in [-0.15, -0.1) is 12.4 Å². The minimum atomic E-state index is -0.719. The van der Waals surface area contributed by atoms with Crippen molar-refractivity contribution < 1.29 is 14.3 Å². The van der Waals surface area contributed by atoms with Crippen molar-refractivity contribution in [2.75, 3.05) is 14.2 Å². The minimum absolute atomic E-state index is 0. The molecule has 0 heterocycles. The fourth-order valence-corrected chi connectivity index (χ4v) is 2.96. The maximum atomic E-state index is 12.5. The van der Waals surface area contributed by atoms with Gasteiger partial charge < -0.3 is 20.5 Å². The van der Waals surface area contributed by atoms with E-state index < -0.39 is 5.54 Å². The summed E-state index contributed by atoms with van der Waals surface area (Å²) in [5.74, 6) is 1.27. The van der Waals surface area contributed by atoms with Crippen LogP contribution >= 0.6 is 12.4 Å². The highest BCUT2D eigenvalue weighted by Crippen LogP contribution is 2.31. The third-order valence-corrected chi connectivity index (χ3v) is 4.45. The number of amides is 1. The Hall–Kier alpha value is -1.46. The summed E-state index contributed by atoms with van der Waals surface area (Å²) in [4.78, 5) is 12.5. The van der Waals surface area contributed by atoms with Crippen molar-refractivity contribution in [1.29, 1.82) is 0 Å². The zero-order valence-corrected chi connectivity index (χ0v) is 14.9. The average Bonchev–Trinajstić information content (AvgIpc) is 2.54. The Balaban J connectivity index is 0.00000264. The van der Waals surface area contributed by atoms with Crippen LogP contribution in [0.2, 0.25) is 0 Å². The lowest BCUT2D eigenvalue weighted by atomic mass is 9.81. The first kappa shape index (κ1) is 19.6. The van der Waals surface area contributed by atoms with Crippen LogP contribution in [0.1, 0.15) is 50.6 Å². The Morgan fingerprint density at radius 3 is 2.35 bits per heavy atom. The number of carbonyl (C=O) groups excluding carboxylic acids is 1. The Morgan fingerprint density at radius 1 is 1.17 bits per heavy atom. The van der Waals surface area contributed by atoms with Gasteiger partial charge >= 0.3 is 0 Å². The maximum Gasteiger partial charge on any atom is 0.240 e. The Labute approximate surface area is 144 Å². The molecule has 1 aliphatic carbocycles. The van der Waals surface area contributed by atoms with E-state index >= 15 is 0 Å². The zero-order chi connectivity index (χ0) is 16.2. The van der Waals surface area contributed by atoms with Crippen LogP contribution in [0.4, 0.5) is 0 Å². The van der Waals surface area contributed by atoms with Gasteiger partial charge in [-0.05, 0) is 37.5 Å². The quantitative estimate of drug-likeness (QED) is 0.862. The molecule has 1 aliphatic rings. The second-order valence-electron chi connectivity index (χ2n) is 6.03. The molecule has 1 amide bonds. The van der Waals surface area contributed by atoms with E-state index in [0.717, 1.165) is 37.7 Å². The van der Waals surface area contributed by atoms with Crippen LogP contribution in [0.15, 0.2) is 18.2 Å². The van der Waals surface area contributed by atoms with E-state index in [1.807, 2.05) is 25.1 Å². The molecule has 1 aromatic carbocycles. The van der Waals surface area contributed by atoms with Crippen LogP contribution in [0, 0.1) is 0 Å². The Morgan fingerprint density at radius 2 is 1.78 bits per heavy atom.